The van der Waals surface area contributed by atoms with Crippen molar-refractivity contribution in [3.63, 3.8) is 0 Å². The number of rotatable bonds is 4. The summed E-state index contributed by atoms with van der Waals surface area (Å²) in [6.45, 7) is 5.94. The molecule has 0 saturated carbocycles. The molecule has 0 spiro atoms. The highest BCUT2D eigenvalue weighted by Crippen LogP contribution is 2.38. The third-order valence-electron chi connectivity index (χ3n) is 7.66. The van der Waals surface area contributed by atoms with Crippen LogP contribution in [-0.2, 0) is 11.2 Å². The van der Waals surface area contributed by atoms with Gasteiger partial charge in [0.1, 0.15) is 18.2 Å². The van der Waals surface area contributed by atoms with Gasteiger partial charge in [0.15, 0.2) is 0 Å². The minimum Gasteiger partial charge on any atom is -0.480 e. The van der Waals surface area contributed by atoms with E-state index in [1.807, 2.05) is 24.0 Å². The first kappa shape index (κ1) is 24.2. The Hall–Kier alpha value is -4.11. The van der Waals surface area contributed by atoms with Crippen molar-refractivity contribution in [2.45, 2.75) is 19.4 Å². The van der Waals surface area contributed by atoms with Crippen LogP contribution in [0.1, 0.15) is 22.7 Å². The molecular formula is C29H31N7O2. The molecule has 1 atom stereocenters. The number of nitrogens with zero attached hydrogens (tertiary/aromatic N) is 7. The highest BCUT2D eigenvalue weighted by molar-refractivity contribution is 5.97. The fraction of sp³-hybridized carbons (Fsp3) is 0.345. The third-order valence-corrected chi connectivity index (χ3v) is 7.66. The van der Waals surface area contributed by atoms with Gasteiger partial charge in [0.25, 0.3) is 0 Å². The number of amides is 1. The van der Waals surface area contributed by atoms with Crippen LogP contribution in [0.3, 0.4) is 0 Å². The van der Waals surface area contributed by atoms with Gasteiger partial charge in [-0.15, -0.1) is 10.2 Å². The Morgan fingerprint density at radius 2 is 1.79 bits per heavy atom. The lowest BCUT2D eigenvalue weighted by Gasteiger charge is -2.41. The molecule has 0 bridgehead atoms. The first-order valence-corrected chi connectivity index (χ1v) is 13.0. The molecule has 1 unspecified atom stereocenters. The number of methoxy groups -OCH3 is 1. The van der Waals surface area contributed by atoms with Gasteiger partial charge in [0.05, 0.1) is 18.3 Å². The normalized spacial score (nSPS) is 17.9. The summed E-state index contributed by atoms with van der Waals surface area (Å²) in [5.41, 5.74) is 5.81. The molecule has 38 heavy (non-hydrogen) atoms. The number of anilines is 1. The van der Waals surface area contributed by atoms with Gasteiger partial charge in [-0.2, -0.15) is 0 Å². The quantitative estimate of drug-likeness (QED) is 0.414. The van der Waals surface area contributed by atoms with E-state index < -0.39 is 6.04 Å². The van der Waals surface area contributed by atoms with Crippen LogP contribution in [0.15, 0.2) is 54.9 Å². The minimum absolute atomic E-state index is 0.130. The van der Waals surface area contributed by atoms with Crippen LogP contribution in [0, 0.1) is 6.92 Å². The summed E-state index contributed by atoms with van der Waals surface area (Å²) >= 11 is 0. The maximum Gasteiger partial charge on any atom is 0.250 e. The summed E-state index contributed by atoms with van der Waals surface area (Å²) in [5, 5.41) is 9.40. The fourth-order valence-electron chi connectivity index (χ4n) is 5.55. The number of hydrogen-bond acceptors (Lipinski definition) is 8. The first-order valence-electron chi connectivity index (χ1n) is 13.0. The van der Waals surface area contributed by atoms with E-state index in [9.17, 15) is 4.79 Å². The molecule has 2 aromatic heterocycles. The Bertz CT molecular complexity index is 1480. The number of carbonyl (C=O) groups excluding carboxylic acids is 1. The largest absolute Gasteiger partial charge is 0.480 e. The van der Waals surface area contributed by atoms with Gasteiger partial charge in [0.2, 0.25) is 11.8 Å². The second kappa shape index (κ2) is 9.98. The SMILES string of the molecule is COc1ccc(-c2cc(C)c3ncnc(N4CCc5ccccc5C4C(=O)N4CCN(C)CC4)c3c2)nn1. The van der Waals surface area contributed by atoms with Gasteiger partial charge in [-0.25, -0.2) is 9.97 Å². The zero-order chi connectivity index (χ0) is 26.2. The Morgan fingerprint density at radius 1 is 0.974 bits per heavy atom. The molecule has 194 valence electrons. The lowest BCUT2D eigenvalue weighted by molar-refractivity contribution is -0.134. The topological polar surface area (TPSA) is 87.6 Å². The summed E-state index contributed by atoms with van der Waals surface area (Å²) in [4.78, 5) is 30.0. The summed E-state index contributed by atoms with van der Waals surface area (Å²) < 4.78 is 5.18. The van der Waals surface area contributed by atoms with Crippen molar-refractivity contribution in [2.75, 3.05) is 51.8 Å². The van der Waals surface area contributed by atoms with E-state index in [4.69, 9.17) is 9.72 Å². The maximum atomic E-state index is 14.2. The second-order valence-electron chi connectivity index (χ2n) is 10.0. The van der Waals surface area contributed by atoms with Crippen LogP contribution in [0.2, 0.25) is 0 Å². The molecule has 1 fully saturated rings. The van der Waals surface area contributed by atoms with E-state index in [-0.39, 0.29) is 5.91 Å². The van der Waals surface area contributed by atoms with E-state index in [1.165, 1.54) is 5.56 Å². The lowest BCUT2D eigenvalue weighted by Crippen LogP contribution is -2.52. The van der Waals surface area contributed by atoms with Gasteiger partial charge < -0.3 is 19.4 Å². The molecule has 2 aliphatic rings. The van der Waals surface area contributed by atoms with Crippen molar-refractivity contribution in [3.05, 3.63) is 71.5 Å². The summed E-state index contributed by atoms with van der Waals surface area (Å²) in [6.07, 6.45) is 2.45. The Morgan fingerprint density at radius 3 is 2.55 bits per heavy atom. The highest BCUT2D eigenvalue weighted by atomic mass is 16.5. The molecule has 1 saturated heterocycles. The summed E-state index contributed by atoms with van der Waals surface area (Å²) in [6, 6.07) is 15.7. The number of fused-ring (bicyclic) bond motifs is 2. The molecule has 0 radical (unpaired) electrons. The van der Waals surface area contributed by atoms with Crippen LogP contribution >= 0.6 is 0 Å². The van der Waals surface area contributed by atoms with Crippen molar-refractivity contribution in [3.8, 4) is 17.1 Å². The average molecular weight is 510 g/mol. The predicted octanol–water partition coefficient (Wildman–Crippen LogP) is 3.28. The third kappa shape index (κ3) is 4.32. The van der Waals surface area contributed by atoms with Crippen molar-refractivity contribution >= 4 is 22.6 Å². The molecule has 4 heterocycles. The molecule has 0 aliphatic carbocycles. The van der Waals surface area contributed by atoms with Gasteiger partial charge >= 0.3 is 0 Å². The van der Waals surface area contributed by atoms with Gasteiger partial charge in [-0.3, -0.25) is 4.79 Å². The number of piperazine rings is 1. The van der Waals surface area contributed by atoms with Gasteiger partial charge in [-0.05, 0) is 55.3 Å². The van der Waals surface area contributed by atoms with Crippen LogP contribution in [0.4, 0.5) is 5.82 Å². The van der Waals surface area contributed by atoms with Crippen LogP contribution in [0.25, 0.3) is 22.2 Å². The van der Waals surface area contributed by atoms with Crippen molar-refractivity contribution in [1.29, 1.82) is 0 Å². The van der Waals surface area contributed by atoms with E-state index >= 15 is 0 Å². The van der Waals surface area contributed by atoms with E-state index in [0.29, 0.717) is 12.4 Å². The fourth-order valence-corrected chi connectivity index (χ4v) is 5.55. The Kier molecular flexibility index (Phi) is 6.37. The second-order valence-corrected chi connectivity index (χ2v) is 10.0. The van der Waals surface area contributed by atoms with E-state index in [0.717, 1.165) is 71.7 Å². The van der Waals surface area contributed by atoms with Crippen molar-refractivity contribution < 1.29 is 9.53 Å². The standard InChI is InChI=1S/C29H31N7O2/c1-19-16-21(24-8-9-25(38-3)33-32-24)17-23-26(19)30-18-31-28(23)36-11-10-20-6-4-5-7-22(20)27(36)29(37)35-14-12-34(2)13-15-35/h4-9,16-18,27H,10-15H2,1-3H3. The molecule has 1 amide bonds. The lowest BCUT2D eigenvalue weighted by atomic mass is 9.91. The highest BCUT2D eigenvalue weighted by Gasteiger charge is 2.37. The number of carbonyl (C=O) groups is 1. The maximum absolute atomic E-state index is 14.2. The Balaban J connectivity index is 1.46. The summed E-state index contributed by atoms with van der Waals surface area (Å²) in [7, 11) is 3.67. The summed E-state index contributed by atoms with van der Waals surface area (Å²) in [5.74, 6) is 1.36. The molecule has 4 aromatic rings. The van der Waals surface area contributed by atoms with Crippen LogP contribution < -0.4 is 9.64 Å². The van der Waals surface area contributed by atoms with Gasteiger partial charge in [-0.1, -0.05) is 24.3 Å². The van der Waals surface area contributed by atoms with Crippen LogP contribution in [0.5, 0.6) is 5.88 Å². The predicted molar refractivity (Wildman–Crippen MR) is 146 cm³/mol. The molecule has 2 aromatic carbocycles. The smallest absolute Gasteiger partial charge is 0.250 e. The van der Waals surface area contributed by atoms with Crippen LogP contribution in [-0.4, -0.2) is 82.8 Å². The van der Waals surface area contributed by atoms with E-state index in [2.05, 4.69) is 62.4 Å². The number of aryl methyl sites for hydroxylation is 1. The van der Waals surface area contributed by atoms with Gasteiger partial charge in [0, 0.05) is 49.7 Å². The zero-order valence-electron chi connectivity index (χ0n) is 22.0. The average Bonchev–Trinajstić information content (AvgIpc) is 2.96. The van der Waals surface area contributed by atoms with E-state index in [1.54, 1.807) is 19.5 Å². The molecule has 9 nitrogen and oxygen atoms in total. The minimum atomic E-state index is -0.439. The monoisotopic (exact) mass is 509 g/mol. The number of likely N-dealkylation sites (N-methyl/N-ethyl adjacent to an activating group) is 1. The zero-order valence-corrected chi connectivity index (χ0v) is 22.0. The number of hydrogen-bond donors (Lipinski definition) is 0. The first-order chi connectivity index (χ1) is 18.5. The Labute approximate surface area is 222 Å². The van der Waals surface area contributed by atoms with Crippen molar-refractivity contribution in [1.82, 2.24) is 30.0 Å². The molecule has 2 aliphatic heterocycles. The van der Waals surface area contributed by atoms with Crippen molar-refractivity contribution in [2.24, 2.45) is 0 Å². The molecule has 9 heteroatoms. The number of ether oxygens (including phenoxy) is 1. The number of aromatic nitrogens is 4. The number of benzene rings is 2. The molecule has 0 N–H and O–H groups in total. The molecular weight excluding hydrogens is 478 g/mol. The molecule has 6 rings (SSSR count).